The molecule has 3 aromatic carbocycles. The zero-order valence-corrected chi connectivity index (χ0v) is 24.8. The van der Waals surface area contributed by atoms with Crippen molar-refractivity contribution >= 4 is 23.6 Å². The molecule has 212 valence electrons. The average Bonchev–Trinajstić information content (AvgIpc) is 3.43. The monoisotopic (exact) mass is 567 g/mol. The highest BCUT2D eigenvalue weighted by Crippen LogP contribution is 2.29. The SMILES string of the molecule is CCc1ccc(C(=O)N2CCN(C(=O)CCCSc3nnc(-c4ccccc4)n3-c3cccc(C)c3)CC2C)cc1. The molecule has 1 atom stereocenters. The van der Waals surface area contributed by atoms with Gasteiger partial charge in [-0.3, -0.25) is 14.2 Å². The predicted molar refractivity (Wildman–Crippen MR) is 164 cm³/mol. The van der Waals surface area contributed by atoms with Gasteiger partial charge in [0.05, 0.1) is 0 Å². The molecule has 4 aromatic rings. The summed E-state index contributed by atoms with van der Waals surface area (Å²) < 4.78 is 2.10. The summed E-state index contributed by atoms with van der Waals surface area (Å²) in [6.45, 7) is 7.89. The highest BCUT2D eigenvalue weighted by molar-refractivity contribution is 7.99. The average molecular weight is 568 g/mol. The number of carbonyl (C=O) groups is 2. The van der Waals surface area contributed by atoms with E-state index in [1.807, 2.05) is 77.4 Å². The van der Waals surface area contributed by atoms with E-state index in [2.05, 4.69) is 46.8 Å². The number of amides is 2. The minimum atomic E-state index is -0.0234. The number of nitrogens with zero attached hydrogens (tertiary/aromatic N) is 5. The van der Waals surface area contributed by atoms with Gasteiger partial charge in [0.15, 0.2) is 11.0 Å². The fourth-order valence-electron chi connectivity index (χ4n) is 5.22. The Morgan fingerprint density at radius 3 is 2.44 bits per heavy atom. The number of piperazine rings is 1. The van der Waals surface area contributed by atoms with Crippen molar-refractivity contribution in [1.82, 2.24) is 24.6 Å². The van der Waals surface area contributed by atoms with E-state index >= 15 is 0 Å². The summed E-state index contributed by atoms with van der Waals surface area (Å²) in [5, 5.41) is 9.86. The highest BCUT2D eigenvalue weighted by Gasteiger charge is 2.30. The summed E-state index contributed by atoms with van der Waals surface area (Å²) in [5.41, 5.74) is 5.13. The molecule has 8 heteroatoms. The van der Waals surface area contributed by atoms with Crippen molar-refractivity contribution in [3.05, 3.63) is 95.6 Å². The maximum atomic E-state index is 13.1. The molecule has 2 heterocycles. The molecule has 1 aliphatic heterocycles. The van der Waals surface area contributed by atoms with Gasteiger partial charge < -0.3 is 9.80 Å². The second kappa shape index (κ2) is 13.2. The summed E-state index contributed by atoms with van der Waals surface area (Å²) >= 11 is 1.62. The maximum absolute atomic E-state index is 13.1. The fraction of sp³-hybridized carbons (Fsp3) is 0.333. The summed E-state index contributed by atoms with van der Waals surface area (Å²) in [4.78, 5) is 29.9. The molecule has 1 saturated heterocycles. The second-order valence-corrected chi connectivity index (χ2v) is 11.6. The molecule has 1 aromatic heterocycles. The number of hydrogen-bond donors (Lipinski definition) is 0. The molecule has 41 heavy (non-hydrogen) atoms. The van der Waals surface area contributed by atoms with Crippen molar-refractivity contribution in [3.63, 3.8) is 0 Å². The molecule has 1 unspecified atom stereocenters. The third-order valence-electron chi connectivity index (χ3n) is 7.54. The minimum Gasteiger partial charge on any atom is -0.339 e. The van der Waals surface area contributed by atoms with Gasteiger partial charge in [-0.25, -0.2) is 0 Å². The molecule has 1 aliphatic rings. The van der Waals surface area contributed by atoms with Crippen LogP contribution in [0.4, 0.5) is 0 Å². The summed E-state index contributed by atoms with van der Waals surface area (Å²) in [6.07, 6.45) is 2.16. The van der Waals surface area contributed by atoms with Gasteiger partial charge in [-0.1, -0.05) is 73.3 Å². The lowest BCUT2D eigenvalue weighted by Crippen LogP contribution is -2.55. The summed E-state index contributed by atoms with van der Waals surface area (Å²) in [7, 11) is 0. The lowest BCUT2D eigenvalue weighted by atomic mass is 10.1. The van der Waals surface area contributed by atoms with E-state index in [1.165, 1.54) is 11.1 Å². The van der Waals surface area contributed by atoms with E-state index in [0.717, 1.165) is 40.8 Å². The molecule has 0 N–H and O–H groups in total. The van der Waals surface area contributed by atoms with Gasteiger partial charge in [0.2, 0.25) is 5.91 Å². The second-order valence-electron chi connectivity index (χ2n) is 10.5. The first-order valence-electron chi connectivity index (χ1n) is 14.3. The lowest BCUT2D eigenvalue weighted by Gasteiger charge is -2.40. The smallest absolute Gasteiger partial charge is 0.254 e. The van der Waals surface area contributed by atoms with Gasteiger partial charge in [0.25, 0.3) is 5.91 Å². The van der Waals surface area contributed by atoms with Crippen LogP contribution in [0.3, 0.4) is 0 Å². The Bertz CT molecular complexity index is 1490. The van der Waals surface area contributed by atoms with E-state index in [1.54, 1.807) is 11.8 Å². The van der Waals surface area contributed by atoms with Crippen LogP contribution in [0, 0.1) is 6.92 Å². The molecule has 0 saturated carbocycles. The maximum Gasteiger partial charge on any atom is 0.254 e. The van der Waals surface area contributed by atoms with Crippen molar-refractivity contribution in [2.45, 2.75) is 51.2 Å². The van der Waals surface area contributed by atoms with E-state index in [9.17, 15) is 9.59 Å². The molecule has 2 amide bonds. The Kier molecular flexibility index (Phi) is 9.19. The molecule has 5 rings (SSSR count). The van der Waals surface area contributed by atoms with E-state index in [-0.39, 0.29) is 17.9 Å². The Hall–Kier alpha value is -3.91. The van der Waals surface area contributed by atoms with Crippen LogP contribution in [0.15, 0.2) is 84.0 Å². The molecule has 0 bridgehead atoms. The number of rotatable bonds is 9. The summed E-state index contributed by atoms with van der Waals surface area (Å²) in [6, 6.07) is 26.2. The number of benzene rings is 3. The minimum absolute atomic E-state index is 0.0234. The molecular weight excluding hydrogens is 530 g/mol. The third kappa shape index (κ3) is 6.70. The Morgan fingerprint density at radius 1 is 0.951 bits per heavy atom. The van der Waals surface area contributed by atoms with E-state index in [0.29, 0.717) is 31.6 Å². The number of hydrogen-bond acceptors (Lipinski definition) is 5. The molecule has 0 spiro atoms. The van der Waals surface area contributed by atoms with Crippen LogP contribution in [-0.2, 0) is 11.2 Å². The van der Waals surface area contributed by atoms with Crippen molar-refractivity contribution in [1.29, 1.82) is 0 Å². The van der Waals surface area contributed by atoms with Crippen LogP contribution in [0.1, 0.15) is 48.2 Å². The molecule has 7 nitrogen and oxygen atoms in total. The number of carbonyl (C=O) groups excluding carboxylic acids is 2. The molecule has 1 fully saturated rings. The molecular formula is C33H37N5O2S. The lowest BCUT2D eigenvalue weighted by molar-refractivity contribution is -0.133. The van der Waals surface area contributed by atoms with Crippen LogP contribution < -0.4 is 0 Å². The number of thioether (sulfide) groups is 1. The predicted octanol–water partition coefficient (Wildman–Crippen LogP) is 6.05. The van der Waals surface area contributed by atoms with Crippen molar-refractivity contribution in [2.24, 2.45) is 0 Å². The van der Waals surface area contributed by atoms with E-state index in [4.69, 9.17) is 0 Å². The Morgan fingerprint density at radius 2 is 1.73 bits per heavy atom. The zero-order valence-electron chi connectivity index (χ0n) is 24.0. The first-order chi connectivity index (χ1) is 19.9. The van der Waals surface area contributed by atoms with Crippen molar-refractivity contribution < 1.29 is 9.59 Å². The Labute approximate surface area is 246 Å². The van der Waals surface area contributed by atoms with Gasteiger partial charge in [-0.15, -0.1) is 10.2 Å². The van der Waals surface area contributed by atoms with Crippen molar-refractivity contribution in [2.75, 3.05) is 25.4 Å². The first kappa shape index (κ1) is 28.6. The van der Waals surface area contributed by atoms with Gasteiger partial charge in [-0.05, 0) is 62.1 Å². The van der Waals surface area contributed by atoms with Crippen LogP contribution in [0.25, 0.3) is 17.1 Å². The number of aryl methyl sites for hydroxylation is 2. The molecule has 0 radical (unpaired) electrons. The van der Waals surface area contributed by atoms with Crippen LogP contribution in [0.5, 0.6) is 0 Å². The first-order valence-corrected chi connectivity index (χ1v) is 15.3. The largest absolute Gasteiger partial charge is 0.339 e. The molecule has 0 aliphatic carbocycles. The van der Waals surface area contributed by atoms with Crippen LogP contribution in [-0.4, -0.2) is 67.8 Å². The standard InChI is InChI=1S/C33H37N5O2S/c1-4-26-15-17-28(18-16-26)32(40)37-20-19-36(23-25(37)3)30(39)14-9-21-41-33-35-34-31(27-11-6-5-7-12-27)38(33)29-13-8-10-24(2)22-29/h5-8,10-13,15-18,22,25H,4,9,14,19-21,23H2,1-3H3. The van der Waals surface area contributed by atoms with Gasteiger partial charge in [0.1, 0.15) is 0 Å². The third-order valence-corrected chi connectivity index (χ3v) is 8.56. The van der Waals surface area contributed by atoms with Crippen LogP contribution >= 0.6 is 11.8 Å². The van der Waals surface area contributed by atoms with Gasteiger partial charge >= 0.3 is 0 Å². The number of aromatic nitrogens is 3. The highest BCUT2D eigenvalue weighted by atomic mass is 32.2. The van der Waals surface area contributed by atoms with Gasteiger partial charge in [0, 0.05) is 54.7 Å². The Balaban J connectivity index is 1.16. The topological polar surface area (TPSA) is 71.3 Å². The summed E-state index contributed by atoms with van der Waals surface area (Å²) in [5.74, 6) is 1.74. The normalized spacial score (nSPS) is 15.2. The van der Waals surface area contributed by atoms with Crippen molar-refractivity contribution in [3.8, 4) is 17.1 Å². The quantitative estimate of drug-likeness (QED) is 0.182. The van der Waals surface area contributed by atoms with E-state index < -0.39 is 0 Å². The zero-order chi connectivity index (χ0) is 28.8. The van der Waals surface area contributed by atoms with Gasteiger partial charge in [-0.2, -0.15) is 0 Å². The fourth-order valence-corrected chi connectivity index (χ4v) is 6.11. The van der Waals surface area contributed by atoms with Crippen LogP contribution in [0.2, 0.25) is 0 Å².